The van der Waals surface area contributed by atoms with E-state index in [1.165, 1.54) is 17.8 Å². The fourth-order valence-corrected chi connectivity index (χ4v) is 5.73. The number of hydrogen-bond acceptors (Lipinski definition) is 6. The number of carbonyl (C=O) groups excluding carboxylic acids is 2. The lowest BCUT2D eigenvalue weighted by molar-refractivity contribution is -0.155. The van der Waals surface area contributed by atoms with Crippen molar-refractivity contribution in [1.82, 2.24) is 20.5 Å². The summed E-state index contributed by atoms with van der Waals surface area (Å²) >= 11 is 1.49. The number of benzene rings is 1. The molecule has 1 saturated carbocycles. The highest BCUT2D eigenvalue weighted by Gasteiger charge is 2.50. The SMILES string of the molecule is CCC(C)NC(=O)CCN1C(=O)C2CCCCC2N2C(SCc3ccccc3F)=NNC12. The molecule has 7 nitrogen and oxygen atoms in total. The molecule has 3 aliphatic rings. The smallest absolute Gasteiger partial charge is 0.230 e. The van der Waals surface area contributed by atoms with Gasteiger partial charge in [0.25, 0.3) is 0 Å². The number of fused-ring (bicyclic) bond motifs is 3. The van der Waals surface area contributed by atoms with Crippen molar-refractivity contribution in [2.75, 3.05) is 6.54 Å². The van der Waals surface area contributed by atoms with Crippen LogP contribution in [0.1, 0.15) is 57.9 Å². The predicted molar refractivity (Wildman–Crippen MR) is 124 cm³/mol. The maximum atomic E-state index is 14.1. The summed E-state index contributed by atoms with van der Waals surface area (Å²) in [4.78, 5) is 29.6. The molecule has 1 aromatic carbocycles. The van der Waals surface area contributed by atoms with E-state index in [-0.39, 0.29) is 48.3 Å². The van der Waals surface area contributed by atoms with Crippen LogP contribution in [-0.2, 0) is 15.3 Å². The second-order valence-electron chi connectivity index (χ2n) is 8.80. The summed E-state index contributed by atoms with van der Waals surface area (Å²) in [6.45, 7) is 4.35. The Balaban J connectivity index is 1.47. The first kappa shape index (κ1) is 22.9. The van der Waals surface area contributed by atoms with Gasteiger partial charge in [-0.25, -0.2) is 4.39 Å². The Hall–Kier alpha value is -2.29. The zero-order chi connectivity index (χ0) is 22.7. The monoisotopic (exact) mass is 461 g/mol. The molecule has 9 heteroatoms. The lowest BCUT2D eigenvalue weighted by atomic mass is 9.81. The molecule has 2 fully saturated rings. The van der Waals surface area contributed by atoms with E-state index in [9.17, 15) is 14.0 Å². The van der Waals surface area contributed by atoms with Crippen LogP contribution in [0.15, 0.2) is 29.4 Å². The number of hydrogen-bond donors (Lipinski definition) is 2. The van der Waals surface area contributed by atoms with Crippen molar-refractivity contribution in [3.05, 3.63) is 35.6 Å². The van der Waals surface area contributed by atoms with Crippen LogP contribution in [0.4, 0.5) is 4.39 Å². The Morgan fingerprint density at radius 3 is 2.91 bits per heavy atom. The average molecular weight is 462 g/mol. The van der Waals surface area contributed by atoms with Crippen molar-refractivity contribution in [3.63, 3.8) is 0 Å². The lowest BCUT2D eigenvalue weighted by Crippen LogP contribution is -2.67. The van der Waals surface area contributed by atoms with Crippen LogP contribution in [0.5, 0.6) is 0 Å². The highest BCUT2D eigenvalue weighted by molar-refractivity contribution is 8.13. The summed E-state index contributed by atoms with van der Waals surface area (Å²) in [6.07, 6.45) is 4.66. The maximum Gasteiger partial charge on any atom is 0.230 e. The molecule has 0 aromatic heterocycles. The van der Waals surface area contributed by atoms with E-state index in [1.807, 2.05) is 19.9 Å². The van der Waals surface area contributed by atoms with Gasteiger partial charge in [0.05, 0.1) is 5.92 Å². The summed E-state index contributed by atoms with van der Waals surface area (Å²) in [5, 5.41) is 8.29. The van der Waals surface area contributed by atoms with Crippen molar-refractivity contribution in [2.24, 2.45) is 11.0 Å². The van der Waals surface area contributed by atoms with Gasteiger partial charge < -0.3 is 15.1 Å². The first-order valence-electron chi connectivity index (χ1n) is 11.6. The van der Waals surface area contributed by atoms with E-state index in [0.717, 1.165) is 37.3 Å². The van der Waals surface area contributed by atoms with Crippen LogP contribution >= 0.6 is 11.8 Å². The lowest BCUT2D eigenvalue weighted by Gasteiger charge is -2.50. The zero-order valence-electron chi connectivity index (χ0n) is 18.7. The molecule has 32 heavy (non-hydrogen) atoms. The maximum absolute atomic E-state index is 14.1. The van der Waals surface area contributed by atoms with Gasteiger partial charge in [0.15, 0.2) is 11.5 Å². The molecule has 4 rings (SSSR count). The second kappa shape index (κ2) is 10.1. The highest BCUT2D eigenvalue weighted by Crippen LogP contribution is 2.39. The number of rotatable bonds is 7. The number of carbonyl (C=O) groups is 2. The number of thioether (sulfide) groups is 1. The summed E-state index contributed by atoms with van der Waals surface area (Å²) in [5.74, 6) is 0.227. The Kier molecular flexibility index (Phi) is 7.23. The van der Waals surface area contributed by atoms with Gasteiger partial charge in [-0.3, -0.25) is 15.0 Å². The molecule has 1 aromatic rings. The fraction of sp³-hybridized carbons (Fsp3) is 0.609. The largest absolute Gasteiger partial charge is 0.354 e. The minimum Gasteiger partial charge on any atom is -0.354 e. The quantitative estimate of drug-likeness (QED) is 0.652. The molecule has 4 atom stereocenters. The number of amides is 2. The number of nitrogens with one attached hydrogen (secondary N) is 2. The van der Waals surface area contributed by atoms with Crippen molar-refractivity contribution >= 4 is 28.7 Å². The van der Waals surface area contributed by atoms with Gasteiger partial charge in [0, 0.05) is 30.8 Å². The molecular formula is C23H32FN5O2S. The van der Waals surface area contributed by atoms with Crippen LogP contribution in [-0.4, -0.2) is 51.7 Å². The molecule has 1 aliphatic carbocycles. The first-order valence-corrected chi connectivity index (χ1v) is 12.6. The summed E-state index contributed by atoms with van der Waals surface area (Å²) in [5.41, 5.74) is 3.76. The number of hydrazone groups is 1. The summed E-state index contributed by atoms with van der Waals surface area (Å²) in [7, 11) is 0. The van der Waals surface area contributed by atoms with Crippen LogP contribution < -0.4 is 10.7 Å². The molecule has 0 radical (unpaired) electrons. The van der Waals surface area contributed by atoms with Gasteiger partial charge in [0.2, 0.25) is 11.8 Å². The van der Waals surface area contributed by atoms with Gasteiger partial charge in [-0.05, 0) is 37.8 Å². The first-order chi connectivity index (χ1) is 15.5. The van der Waals surface area contributed by atoms with Gasteiger partial charge in [0.1, 0.15) is 5.82 Å². The van der Waals surface area contributed by atoms with Crippen molar-refractivity contribution in [1.29, 1.82) is 0 Å². The van der Waals surface area contributed by atoms with Crippen LogP contribution in [0.2, 0.25) is 0 Å². The topological polar surface area (TPSA) is 77.0 Å². The Bertz CT molecular complexity index is 882. The average Bonchev–Trinajstić information content (AvgIpc) is 3.22. The number of amidine groups is 1. The zero-order valence-corrected chi connectivity index (χ0v) is 19.5. The van der Waals surface area contributed by atoms with Crippen molar-refractivity contribution in [3.8, 4) is 0 Å². The molecule has 174 valence electrons. The molecule has 2 amide bonds. The normalized spacial score (nSPS) is 25.5. The third kappa shape index (κ3) is 4.72. The molecule has 2 heterocycles. The number of nitrogens with zero attached hydrogens (tertiary/aromatic N) is 3. The minimum atomic E-state index is -0.388. The number of halogens is 1. The van der Waals surface area contributed by atoms with Crippen molar-refractivity contribution < 1.29 is 14.0 Å². The van der Waals surface area contributed by atoms with Gasteiger partial charge in [-0.1, -0.05) is 49.7 Å². The molecule has 1 saturated heterocycles. The molecule has 4 unspecified atom stereocenters. The Morgan fingerprint density at radius 1 is 1.34 bits per heavy atom. The van der Waals surface area contributed by atoms with Crippen LogP contribution in [0.25, 0.3) is 0 Å². The van der Waals surface area contributed by atoms with Crippen LogP contribution in [0.3, 0.4) is 0 Å². The van der Waals surface area contributed by atoms with Crippen LogP contribution in [0, 0.1) is 11.7 Å². The molecule has 0 spiro atoms. The molecule has 2 aliphatic heterocycles. The second-order valence-corrected chi connectivity index (χ2v) is 9.74. The van der Waals surface area contributed by atoms with E-state index in [0.29, 0.717) is 17.9 Å². The van der Waals surface area contributed by atoms with E-state index in [2.05, 4.69) is 20.7 Å². The summed E-state index contributed by atoms with van der Waals surface area (Å²) < 4.78 is 14.1. The minimum absolute atomic E-state index is 0.0439. The summed E-state index contributed by atoms with van der Waals surface area (Å²) in [6, 6.07) is 6.98. The van der Waals surface area contributed by atoms with E-state index in [4.69, 9.17) is 0 Å². The predicted octanol–water partition coefficient (Wildman–Crippen LogP) is 3.22. The van der Waals surface area contributed by atoms with E-state index in [1.54, 1.807) is 17.0 Å². The van der Waals surface area contributed by atoms with E-state index < -0.39 is 0 Å². The third-order valence-corrected chi connectivity index (χ3v) is 7.67. The van der Waals surface area contributed by atoms with Crippen molar-refractivity contribution in [2.45, 2.75) is 76.5 Å². The molecular weight excluding hydrogens is 429 g/mol. The standard InChI is InChI=1S/C23H32FN5O2S/c1-3-15(2)25-20(30)12-13-28-21(31)17-9-5-7-11-19(17)29-22(28)26-27-23(29)32-14-16-8-4-6-10-18(16)24/h4,6,8,10,15,17,19,22,26H,3,5,7,9,11-14H2,1-2H3,(H,25,30). The Labute approximate surface area is 193 Å². The third-order valence-electron chi connectivity index (χ3n) is 6.66. The molecule has 2 N–H and O–H groups in total. The van der Waals surface area contributed by atoms with Gasteiger partial charge in [-0.15, -0.1) is 0 Å². The molecule has 0 bridgehead atoms. The van der Waals surface area contributed by atoms with Gasteiger partial charge >= 0.3 is 0 Å². The van der Waals surface area contributed by atoms with Gasteiger partial charge in [-0.2, -0.15) is 5.10 Å². The van der Waals surface area contributed by atoms with E-state index >= 15 is 0 Å². The fourth-order valence-electron chi connectivity index (χ4n) is 4.71. The Morgan fingerprint density at radius 2 is 2.12 bits per heavy atom. The highest BCUT2D eigenvalue weighted by atomic mass is 32.2.